The third-order valence-electron chi connectivity index (χ3n) is 4.40. The SMILES string of the molecule is CN(c1cccnc1)c1ccn2ncc(C(=O)Nc3ccc(C(N)=O)cc3)c2n1. The molecule has 144 valence electrons. The highest BCUT2D eigenvalue weighted by atomic mass is 16.2. The summed E-state index contributed by atoms with van der Waals surface area (Å²) in [5, 5.41) is 6.97. The molecule has 3 aromatic heterocycles. The minimum atomic E-state index is -0.528. The van der Waals surface area contributed by atoms with Crippen LogP contribution in [-0.4, -0.2) is 38.4 Å². The van der Waals surface area contributed by atoms with Gasteiger partial charge in [0.05, 0.1) is 18.1 Å². The zero-order valence-electron chi connectivity index (χ0n) is 15.5. The van der Waals surface area contributed by atoms with Gasteiger partial charge in [-0.2, -0.15) is 5.10 Å². The molecule has 0 radical (unpaired) electrons. The zero-order valence-corrected chi connectivity index (χ0v) is 15.5. The molecule has 0 saturated carbocycles. The van der Waals surface area contributed by atoms with E-state index < -0.39 is 5.91 Å². The van der Waals surface area contributed by atoms with Crippen LogP contribution in [0.4, 0.5) is 17.2 Å². The minimum absolute atomic E-state index is 0.324. The molecule has 0 unspecified atom stereocenters. The van der Waals surface area contributed by atoms with Gasteiger partial charge in [-0.1, -0.05) is 0 Å². The van der Waals surface area contributed by atoms with E-state index in [1.54, 1.807) is 48.9 Å². The van der Waals surface area contributed by atoms with Gasteiger partial charge in [0.15, 0.2) is 5.65 Å². The molecule has 4 aromatic rings. The molecule has 0 fully saturated rings. The van der Waals surface area contributed by atoms with Crippen molar-refractivity contribution < 1.29 is 9.59 Å². The lowest BCUT2D eigenvalue weighted by Gasteiger charge is -2.17. The molecule has 0 aliphatic rings. The van der Waals surface area contributed by atoms with Crippen molar-refractivity contribution in [2.45, 2.75) is 0 Å². The molecule has 3 heterocycles. The van der Waals surface area contributed by atoms with Crippen LogP contribution >= 0.6 is 0 Å². The molecular formula is C20H17N7O2. The Morgan fingerprint density at radius 1 is 1.10 bits per heavy atom. The molecule has 2 amide bonds. The Hall–Kier alpha value is -4.27. The summed E-state index contributed by atoms with van der Waals surface area (Å²) in [5.74, 6) is -0.244. The second kappa shape index (κ2) is 7.39. The summed E-state index contributed by atoms with van der Waals surface area (Å²) in [5.41, 5.74) is 7.74. The largest absolute Gasteiger partial charge is 0.366 e. The van der Waals surface area contributed by atoms with Crippen LogP contribution in [0.25, 0.3) is 5.65 Å². The smallest absolute Gasteiger partial charge is 0.261 e. The van der Waals surface area contributed by atoms with Crippen LogP contribution in [0.5, 0.6) is 0 Å². The summed E-state index contributed by atoms with van der Waals surface area (Å²) in [6, 6.07) is 11.9. The van der Waals surface area contributed by atoms with Crippen molar-refractivity contribution in [1.82, 2.24) is 19.6 Å². The normalized spacial score (nSPS) is 10.7. The summed E-state index contributed by atoms with van der Waals surface area (Å²) in [7, 11) is 1.87. The molecule has 0 aliphatic heterocycles. The van der Waals surface area contributed by atoms with Crippen molar-refractivity contribution in [3.8, 4) is 0 Å². The van der Waals surface area contributed by atoms with Crippen LogP contribution in [0.1, 0.15) is 20.7 Å². The first-order chi connectivity index (χ1) is 14.0. The topological polar surface area (TPSA) is 119 Å². The fourth-order valence-electron chi connectivity index (χ4n) is 2.81. The van der Waals surface area contributed by atoms with Crippen molar-refractivity contribution >= 4 is 34.7 Å². The van der Waals surface area contributed by atoms with Crippen LogP contribution < -0.4 is 16.0 Å². The number of nitrogens with two attached hydrogens (primary N) is 1. The number of carbonyl (C=O) groups is 2. The van der Waals surface area contributed by atoms with Gasteiger partial charge >= 0.3 is 0 Å². The quantitative estimate of drug-likeness (QED) is 0.542. The van der Waals surface area contributed by atoms with Gasteiger partial charge in [-0.25, -0.2) is 9.50 Å². The minimum Gasteiger partial charge on any atom is -0.366 e. The summed E-state index contributed by atoms with van der Waals surface area (Å²) in [4.78, 5) is 34.5. The van der Waals surface area contributed by atoms with Crippen molar-refractivity contribution in [2.75, 3.05) is 17.3 Å². The van der Waals surface area contributed by atoms with Gasteiger partial charge in [0, 0.05) is 30.7 Å². The highest BCUT2D eigenvalue weighted by molar-refractivity contribution is 6.08. The Morgan fingerprint density at radius 3 is 2.59 bits per heavy atom. The van der Waals surface area contributed by atoms with Crippen molar-refractivity contribution in [3.63, 3.8) is 0 Å². The van der Waals surface area contributed by atoms with Crippen LogP contribution in [-0.2, 0) is 0 Å². The second-order valence-corrected chi connectivity index (χ2v) is 6.28. The Labute approximate surface area is 165 Å². The summed E-state index contributed by atoms with van der Waals surface area (Å²) >= 11 is 0. The first kappa shape index (κ1) is 18.1. The molecule has 0 atom stereocenters. The van der Waals surface area contributed by atoms with Gasteiger partial charge in [0.2, 0.25) is 5.91 Å². The number of amides is 2. The molecule has 29 heavy (non-hydrogen) atoms. The van der Waals surface area contributed by atoms with E-state index in [9.17, 15) is 9.59 Å². The highest BCUT2D eigenvalue weighted by Crippen LogP contribution is 2.22. The van der Waals surface area contributed by atoms with E-state index in [1.165, 1.54) is 10.7 Å². The maximum absolute atomic E-state index is 12.7. The molecule has 0 spiro atoms. The van der Waals surface area contributed by atoms with Crippen molar-refractivity contribution in [3.05, 3.63) is 78.4 Å². The Morgan fingerprint density at radius 2 is 1.90 bits per heavy atom. The number of nitrogens with one attached hydrogen (secondary N) is 1. The number of anilines is 3. The molecule has 0 aliphatic carbocycles. The highest BCUT2D eigenvalue weighted by Gasteiger charge is 2.16. The number of aromatic nitrogens is 4. The molecular weight excluding hydrogens is 370 g/mol. The molecule has 1 aromatic carbocycles. The number of pyridine rings is 1. The molecule has 9 nitrogen and oxygen atoms in total. The van der Waals surface area contributed by atoms with Crippen molar-refractivity contribution in [1.29, 1.82) is 0 Å². The van der Waals surface area contributed by atoms with Gasteiger partial charge in [-0.3, -0.25) is 14.6 Å². The molecule has 4 rings (SSSR count). The van der Waals surface area contributed by atoms with Crippen LogP contribution in [0, 0.1) is 0 Å². The Balaban J connectivity index is 1.62. The number of primary amides is 1. The van der Waals surface area contributed by atoms with E-state index in [1.807, 2.05) is 24.1 Å². The van der Waals surface area contributed by atoms with Gasteiger partial charge in [0.1, 0.15) is 11.4 Å². The molecule has 9 heteroatoms. The fourth-order valence-corrected chi connectivity index (χ4v) is 2.81. The summed E-state index contributed by atoms with van der Waals surface area (Å²) in [6.07, 6.45) is 6.63. The number of fused-ring (bicyclic) bond motifs is 1. The van der Waals surface area contributed by atoms with Gasteiger partial charge in [-0.15, -0.1) is 0 Å². The number of rotatable bonds is 5. The second-order valence-electron chi connectivity index (χ2n) is 6.28. The van der Waals surface area contributed by atoms with E-state index in [0.717, 1.165) is 5.69 Å². The predicted octanol–water partition coefficient (Wildman–Crippen LogP) is 2.24. The molecule has 0 bridgehead atoms. The molecule has 3 N–H and O–H groups in total. The Bertz CT molecular complexity index is 1190. The lowest BCUT2D eigenvalue weighted by atomic mass is 10.2. The Kier molecular flexibility index (Phi) is 4.62. The van der Waals surface area contributed by atoms with Crippen LogP contribution in [0.2, 0.25) is 0 Å². The first-order valence-electron chi connectivity index (χ1n) is 8.72. The third-order valence-corrected chi connectivity index (χ3v) is 4.40. The average Bonchev–Trinajstić information content (AvgIpc) is 3.17. The summed E-state index contributed by atoms with van der Waals surface area (Å²) in [6.45, 7) is 0. The van der Waals surface area contributed by atoms with Crippen LogP contribution in [0.15, 0.2) is 67.3 Å². The lowest BCUT2D eigenvalue weighted by Crippen LogP contribution is -2.15. The predicted molar refractivity (Wildman–Crippen MR) is 108 cm³/mol. The maximum atomic E-state index is 12.7. The van der Waals surface area contributed by atoms with E-state index in [2.05, 4.69) is 20.4 Å². The number of nitrogens with zero attached hydrogens (tertiary/aromatic N) is 5. The zero-order chi connectivity index (χ0) is 20.4. The maximum Gasteiger partial charge on any atom is 0.261 e. The first-order valence-corrected chi connectivity index (χ1v) is 8.72. The van der Waals surface area contributed by atoms with Gasteiger partial charge < -0.3 is 16.0 Å². The number of hydrogen-bond acceptors (Lipinski definition) is 6. The van der Waals surface area contributed by atoms with E-state index >= 15 is 0 Å². The fraction of sp³-hybridized carbons (Fsp3) is 0.0500. The lowest BCUT2D eigenvalue weighted by molar-refractivity contribution is 0.0998. The molecule has 0 saturated heterocycles. The van der Waals surface area contributed by atoms with E-state index in [4.69, 9.17) is 5.73 Å². The number of benzene rings is 1. The number of hydrogen-bond donors (Lipinski definition) is 2. The summed E-state index contributed by atoms with van der Waals surface area (Å²) < 4.78 is 1.53. The average molecular weight is 387 g/mol. The van der Waals surface area contributed by atoms with Crippen molar-refractivity contribution in [2.24, 2.45) is 5.73 Å². The van der Waals surface area contributed by atoms with E-state index in [-0.39, 0.29) is 5.91 Å². The monoisotopic (exact) mass is 387 g/mol. The standard InChI is InChI=1S/C20H17N7O2/c1-26(15-3-2-9-22-11-15)17-8-10-27-19(25-17)16(12-23-27)20(29)24-14-6-4-13(5-7-14)18(21)28/h2-12H,1H3,(H2,21,28)(H,24,29). The number of carbonyl (C=O) groups excluding carboxylic acids is 2. The van der Waals surface area contributed by atoms with Gasteiger partial charge in [0.25, 0.3) is 5.91 Å². The third kappa shape index (κ3) is 3.61. The van der Waals surface area contributed by atoms with Gasteiger partial charge in [-0.05, 0) is 42.5 Å². The van der Waals surface area contributed by atoms with Crippen LogP contribution in [0.3, 0.4) is 0 Å². The van der Waals surface area contributed by atoms with E-state index in [0.29, 0.717) is 28.3 Å².